The number of halogens is 2. The van der Waals surface area contributed by atoms with E-state index in [2.05, 4.69) is 20.3 Å². The van der Waals surface area contributed by atoms with Gasteiger partial charge in [-0.3, -0.25) is 9.78 Å². The molecule has 0 saturated heterocycles. The molecule has 10 heteroatoms. The lowest BCUT2D eigenvalue weighted by molar-refractivity contribution is 0.890. The van der Waals surface area contributed by atoms with Gasteiger partial charge in [-0.05, 0) is 11.6 Å². The van der Waals surface area contributed by atoms with Crippen molar-refractivity contribution in [1.82, 2.24) is 30.4 Å². The Morgan fingerprint density at radius 2 is 1.94 bits per heavy atom. The van der Waals surface area contributed by atoms with E-state index < -0.39 is 11.2 Å². The Morgan fingerprint density at radius 3 is 2.31 bits per heavy atom. The highest BCUT2D eigenvalue weighted by molar-refractivity contribution is 6.31. The Morgan fingerprint density at radius 1 is 1.19 bits per heavy atom. The van der Waals surface area contributed by atoms with Crippen molar-refractivity contribution in [3.8, 4) is 0 Å². The van der Waals surface area contributed by atoms with Crippen molar-refractivity contribution >= 4 is 23.2 Å². The summed E-state index contributed by atoms with van der Waals surface area (Å²) in [6, 6.07) is 0. The first kappa shape index (κ1) is 12.3. The van der Waals surface area contributed by atoms with Crippen LogP contribution in [0.5, 0.6) is 0 Å². The molecule has 2 aromatic heterocycles. The molecule has 0 aliphatic carbocycles. The Kier molecular flexibility index (Phi) is 4.55. The van der Waals surface area contributed by atoms with Crippen LogP contribution < -0.4 is 11.2 Å². The lowest BCUT2D eigenvalue weighted by Gasteiger charge is -1.83. The summed E-state index contributed by atoms with van der Waals surface area (Å²) in [5.41, 5.74) is -1.08. The minimum atomic E-state index is -0.586. The van der Waals surface area contributed by atoms with Gasteiger partial charge in [0.1, 0.15) is 6.20 Å². The number of nitrogens with zero attached hydrogens (tertiary/aromatic N) is 4. The minimum Gasteiger partial charge on any atom is -0.272 e. The summed E-state index contributed by atoms with van der Waals surface area (Å²) in [6.07, 6.45) is 2.30. The van der Waals surface area contributed by atoms with E-state index in [4.69, 9.17) is 23.2 Å². The zero-order valence-corrected chi connectivity index (χ0v) is 9.03. The van der Waals surface area contributed by atoms with Gasteiger partial charge in [0.25, 0.3) is 5.56 Å². The van der Waals surface area contributed by atoms with Crippen LogP contribution in [0, 0.1) is 0 Å². The fourth-order valence-corrected chi connectivity index (χ4v) is 0.887. The molecule has 84 valence electrons. The highest BCUT2D eigenvalue weighted by Crippen LogP contribution is 2.02. The van der Waals surface area contributed by atoms with Crippen LogP contribution in [0.15, 0.2) is 22.0 Å². The fraction of sp³-hybridized carbons (Fsp3) is 0. The van der Waals surface area contributed by atoms with Crippen molar-refractivity contribution in [2.24, 2.45) is 0 Å². The highest BCUT2D eigenvalue weighted by Gasteiger charge is 1.89. The maximum Gasteiger partial charge on any atom is 0.342 e. The smallest absolute Gasteiger partial charge is 0.272 e. The number of aromatic amines is 2. The van der Waals surface area contributed by atoms with E-state index in [1.165, 1.54) is 6.20 Å². The van der Waals surface area contributed by atoms with Crippen LogP contribution in [0.3, 0.4) is 0 Å². The first-order chi connectivity index (χ1) is 7.58. The molecule has 0 unspecified atom stereocenters. The zero-order chi connectivity index (χ0) is 12.0. The quantitative estimate of drug-likeness (QED) is 0.670. The van der Waals surface area contributed by atoms with E-state index >= 15 is 0 Å². The Balaban J connectivity index is 0.000000160. The van der Waals surface area contributed by atoms with Crippen LogP contribution >= 0.6 is 23.2 Å². The summed E-state index contributed by atoms with van der Waals surface area (Å²) in [6.45, 7) is 0. The SMILES string of the molecule is Clc1cnnc(Cl)n1.O=c1cn[nH]c(=O)[nH]1. The summed E-state index contributed by atoms with van der Waals surface area (Å²) in [4.78, 5) is 25.7. The van der Waals surface area contributed by atoms with Gasteiger partial charge in [0.2, 0.25) is 5.28 Å². The molecule has 8 nitrogen and oxygen atoms in total. The summed E-state index contributed by atoms with van der Waals surface area (Å²) in [5, 5.41) is 12.3. The number of rotatable bonds is 0. The van der Waals surface area contributed by atoms with Gasteiger partial charge in [0, 0.05) is 0 Å². The van der Waals surface area contributed by atoms with Crippen LogP contribution in [0.4, 0.5) is 0 Å². The van der Waals surface area contributed by atoms with Crippen LogP contribution in [0.2, 0.25) is 10.4 Å². The predicted molar refractivity (Wildman–Crippen MR) is 55.3 cm³/mol. The van der Waals surface area contributed by atoms with E-state index in [-0.39, 0.29) is 10.4 Å². The average Bonchev–Trinajstić information content (AvgIpc) is 2.17. The van der Waals surface area contributed by atoms with E-state index in [9.17, 15) is 9.59 Å². The van der Waals surface area contributed by atoms with Crippen LogP contribution in [-0.2, 0) is 0 Å². The Hall–Kier alpha value is -1.80. The summed E-state index contributed by atoms with van der Waals surface area (Å²) in [7, 11) is 0. The molecule has 2 aromatic rings. The van der Waals surface area contributed by atoms with Gasteiger partial charge in [-0.25, -0.2) is 14.9 Å². The van der Waals surface area contributed by atoms with Crippen molar-refractivity contribution < 1.29 is 0 Å². The van der Waals surface area contributed by atoms with Gasteiger partial charge in [0.05, 0.1) is 6.20 Å². The van der Waals surface area contributed by atoms with Gasteiger partial charge < -0.3 is 0 Å². The normalized spacial score (nSPS) is 9.12. The fourth-order valence-electron chi connectivity index (χ4n) is 0.585. The number of hydrogen-bond donors (Lipinski definition) is 2. The third-order valence-corrected chi connectivity index (χ3v) is 1.43. The monoisotopic (exact) mass is 262 g/mol. The largest absolute Gasteiger partial charge is 0.342 e. The molecule has 0 bridgehead atoms. The molecule has 0 spiro atoms. The first-order valence-corrected chi connectivity index (χ1v) is 4.48. The molecule has 16 heavy (non-hydrogen) atoms. The summed E-state index contributed by atoms with van der Waals surface area (Å²) in [5.74, 6) is 0. The molecule has 0 amide bonds. The standard InChI is InChI=1S/C3HCl2N3.C3H3N3O2/c4-2-1-6-8-3(5)7-2;7-2-1-4-6-3(8)5-2/h1H;1H,(H2,5,6,7,8). The van der Waals surface area contributed by atoms with Crippen molar-refractivity contribution in [2.75, 3.05) is 0 Å². The van der Waals surface area contributed by atoms with Crippen molar-refractivity contribution in [3.63, 3.8) is 0 Å². The Labute approximate surface area is 97.7 Å². The second-order valence-corrected chi connectivity index (χ2v) is 2.96. The van der Waals surface area contributed by atoms with Crippen LogP contribution in [-0.4, -0.2) is 30.4 Å². The number of hydrogen-bond acceptors (Lipinski definition) is 6. The van der Waals surface area contributed by atoms with E-state index in [0.717, 1.165) is 6.20 Å². The van der Waals surface area contributed by atoms with E-state index in [1.807, 2.05) is 10.1 Å². The van der Waals surface area contributed by atoms with E-state index in [0.29, 0.717) is 0 Å². The number of aromatic nitrogens is 6. The second-order valence-electron chi connectivity index (χ2n) is 2.24. The molecule has 0 radical (unpaired) electrons. The van der Waals surface area contributed by atoms with Gasteiger partial charge in [-0.1, -0.05) is 11.6 Å². The van der Waals surface area contributed by atoms with Gasteiger partial charge in [-0.15, -0.1) is 5.10 Å². The third kappa shape index (κ3) is 4.62. The first-order valence-electron chi connectivity index (χ1n) is 3.72. The molecule has 2 N–H and O–H groups in total. The maximum absolute atomic E-state index is 10.2. The zero-order valence-electron chi connectivity index (χ0n) is 7.52. The molecule has 0 atom stereocenters. The molecule has 0 saturated carbocycles. The minimum absolute atomic E-state index is 0.0671. The second kappa shape index (κ2) is 5.93. The predicted octanol–water partition coefficient (Wildman–Crippen LogP) is -0.363. The Bertz CT molecular complexity index is 524. The molecule has 0 aliphatic heterocycles. The van der Waals surface area contributed by atoms with Crippen LogP contribution in [0.1, 0.15) is 0 Å². The number of nitrogens with one attached hydrogen (secondary N) is 2. The molecule has 2 rings (SSSR count). The molecular weight excluding hydrogens is 259 g/mol. The van der Waals surface area contributed by atoms with Crippen LogP contribution in [0.25, 0.3) is 0 Å². The molecule has 0 fully saturated rings. The van der Waals surface area contributed by atoms with Gasteiger partial charge in [-0.2, -0.15) is 10.2 Å². The lowest BCUT2D eigenvalue weighted by atomic mass is 10.9. The third-order valence-electron chi connectivity index (χ3n) is 1.09. The van der Waals surface area contributed by atoms with E-state index in [1.54, 1.807) is 0 Å². The summed E-state index contributed by atoms with van der Waals surface area (Å²) >= 11 is 10.6. The maximum atomic E-state index is 10.2. The van der Waals surface area contributed by atoms with Gasteiger partial charge in [0.15, 0.2) is 5.15 Å². The summed E-state index contributed by atoms with van der Waals surface area (Å²) < 4.78 is 0. The topological polar surface area (TPSA) is 117 Å². The average molecular weight is 263 g/mol. The highest BCUT2D eigenvalue weighted by atomic mass is 35.5. The number of H-pyrrole nitrogens is 2. The lowest BCUT2D eigenvalue weighted by Crippen LogP contribution is -2.21. The molecule has 0 aliphatic rings. The van der Waals surface area contributed by atoms with Gasteiger partial charge >= 0.3 is 5.69 Å². The molecule has 2 heterocycles. The van der Waals surface area contributed by atoms with Crippen molar-refractivity contribution in [2.45, 2.75) is 0 Å². The van der Waals surface area contributed by atoms with Crippen molar-refractivity contribution in [3.05, 3.63) is 43.7 Å². The van der Waals surface area contributed by atoms with Crippen molar-refractivity contribution in [1.29, 1.82) is 0 Å². The molecular formula is C6H4Cl2N6O2. The molecule has 0 aromatic carbocycles.